The minimum absolute atomic E-state index is 0.110. The van der Waals surface area contributed by atoms with Gasteiger partial charge >= 0.3 is 0 Å². The molecule has 0 bridgehead atoms. The highest BCUT2D eigenvalue weighted by Crippen LogP contribution is 2.33. The monoisotopic (exact) mass is 362 g/mol. The molecular formula is C13H19BrN2O3S. The number of rotatable bonds is 4. The van der Waals surface area contributed by atoms with E-state index in [1.165, 1.54) is 18.5 Å². The zero-order valence-electron chi connectivity index (χ0n) is 11.3. The molecule has 0 atom stereocenters. The Kier molecular flexibility index (Phi) is 4.84. The molecule has 1 saturated carbocycles. The van der Waals surface area contributed by atoms with Gasteiger partial charge in [0.25, 0.3) is 0 Å². The van der Waals surface area contributed by atoms with E-state index in [2.05, 4.69) is 32.6 Å². The highest BCUT2D eigenvalue weighted by atomic mass is 79.9. The van der Waals surface area contributed by atoms with Crippen molar-refractivity contribution in [3.05, 3.63) is 22.9 Å². The third kappa shape index (κ3) is 3.58. The van der Waals surface area contributed by atoms with Crippen LogP contribution in [0.2, 0.25) is 0 Å². The summed E-state index contributed by atoms with van der Waals surface area (Å²) in [4.78, 5) is 3.99. The lowest BCUT2D eigenvalue weighted by Crippen LogP contribution is -2.53. The predicted octanol–water partition coefficient (Wildman–Crippen LogP) is 2.06. The molecule has 2 rings (SSSR count). The Hall–Kier alpha value is -0.500. The minimum Gasteiger partial charge on any atom is -0.394 e. The Balaban J connectivity index is 2.22. The molecule has 1 aliphatic carbocycles. The predicted molar refractivity (Wildman–Crippen MR) is 79.7 cm³/mol. The van der Waals surface area contributed by atoms with Crippen LogP contribution in [0, 0.1) is 5.92 Å². The van der Waals surface area contributed by atoms with E-state index < -0.39 is 15.6 Å². The summed E-state index contributed by atoms with van der Waals surface area (Å²) in [5, 5.41) is 9.64. The summed E-state index contributed by atoms with van der Waals surface area (Å²) >= 11 is 3.21. The third-order valence-corrected chi connectivity index (χ3v) is 5.85. The summed E-state index contributed by atoms with van der Waals surface area (Å²) in [6.45, 7) is 1.97. The maximum Gasteiger partial charge on any atom is 0.242 e. The van der Waals surface area contributed by atoms with Crippen LogP contribution in [0.4, 0.5) is 0 Å². The fourth-order valence-electron chi connectivity index (χ4n) is 2.49. The van der Waals surface area contributed by atoms with Gasteiger partial charge in [0.05, 0.1) is 12.1 Å². The van der Waals surface area contributed by atoms with Crippen molar-refractivity contribution < 1.29 is 13.5 Å². The lowest BCUT2D eigenvalue weighted by Gasteiger charge is -2.38. The number of aliphatic hydroxyl groups is 1. The number of aromatic nitrogens is 1. The van der Waals surface area contributed by atoms with Crippen LogP contribution >= 0.6 is 15.9 Å². The molecule has 20 heavy (non-hydrogen) atoms. The first-order valence-corrected chi connectivity index (χ1v) is 8.90. The van der Waals surface area contributed by atoms with Gasteiger partial charge in [0.15, 0.2) is 0 Å². The molecule has 0 aliphatic heterocycles. The summed E-state index contributed by atoms with van der Waals surface area (Å²) in [5.74, 6) is 0.576. The Morgan fingerprint density at radius 3 is 2.65 bits per heavy atom. The highest BCUT2D eigenvalue weighted by Gasteiger charge is 2.37. The van der Waals surface area contributed by atoms with Crippen molar-refractivity contribution in [3.8, 4) is 0 Å². The molecule has 1 heterocycles. The number of hydrogen-bond donors (Lipinski definition) is 2. The van der Waals surface area contributed by atoms with Crippen molar-refractivity contribution in [1.82, 2.24) is 9.71 Å². The van der Waals surface area contributed by atoms with Crippen LogP contribution in [-0.2, 0) is 10.0 Å². The van der Waals surface area contributed by atoms with E-state index in [-0.39, 0.29) is 11.5 Å². The number of halogens is 1. The third-order valence-electron chi connectivity index (χ3n) is 3.88. The maximum absolute atomic E-state index is 12.4. The normalized spacial score (nSPS) is 27.4. The van der Waals surface area contributed by atoms with E-state index in [9.17, 15) is 13.5 Å². The van der Waals surface area contributed by atoms with Gasteiger partial charge in [0.2, 0.25) is 10.0 Å². The van der Waals surface area contributed by atoms with E-state index in [0.29, 0.717) is 23.2 Å². The molecule has 1 aliphatic rings. The molecule has 0 radical (unpaired) electrons. The standard InChI is InChI=1S/C13H19BrN2O3S/c1-10-2-4-13(9-17,5-3-10)16-20(18,19)12-6-11(14)7-15-8-12/h6-8,10,16-17H,2-5,9H2,1H3. The van der Waals surface area contributed by atoms with E-state index in [4.69, 9.17) is 0 Å². The van der Waals surface area contributed by atoms with E-state index in [1.807, 2.05) is 0 Å². The molecule has 1 fully saturated rings. The number of aliphatic hydroxyl groups excluding tert-OH is 1. The largest absolute Gasteiger partial charge is 0.394 e. The molecule has 7 heteroatoms. The van der Waals surface area contributed by atoms with Gasteiger partial charge in [-0.1, -0.05) is 6.92 Å². The zero-order chi connectivity index (χ0) is 14.8. The molecule has 112 valence electrons. The van der Waals surface area contributed by atoms with Crippen molar-refractivity contribution >= 4 is 26.0 Å². The topological polar surface area (TPSA) is 79.3 Å². The molecule has 1 aromatic rings. The average molecular weight is 363 g/mol. The first-order valence-electron chi connectivity index (χ1n) is 6.62. The second-order valence-electron chi connectivity index (χ2n) is 5.57. The van der Waals surface area contributed by atoms with Gasteiger partial charge in [0, 0.05) is 16.9 Å². The fraction of sp³-hybridized carbons (Fsp3) is 0.615. The second kappa shape index (κ2) is 6.09. The lowest BCUT2D eigenvalue weighted by atomic mass is 9.78. The van der Waals surface area contributed by atoms with Crippen LogP contribution in [0.25, 0.3) is 0 Å². The van der Waals surface area contributed by atoms with Crippen LogP contribution in [0.1, 0.15) is 32.6 Å². The number of nitrogens with one attached hydrogen (secondary N) is 1. The van der Waals surface area contributed by atoms with Gasteiger partial charge < -0.3 is 5.11 Å². The van der Waals surface area contributed by atoms with E-state index in [0.717, 1.165) is 12.8 Å². The Bertz CT molecular complexity index is 569. The summed E-state index contributed by atoms with van der Waals surface area (Å²) in [5.41, 5.74) is -0.742. The molecular weight excluding hydrogens is 344 g/mol. The Morgan fingerprint density at radius 2 is 2.10 bits per heavy atom. The van der Waals surface area contributed by atoms with Gasteiger partial charge in [0.1, 0.15) is 4.90 Å². The molecule has 0 aromatic carbocycles. The Labute approximate surface area is 128 Å². The van der Waals surface area contributed by atoms with E-state index in [1.54, 1.807) is 0 Å². The Morgan fingerprint density at radius 1 is 1.45 bits per heavy atom. The average Bonchev–Trinajstić information content (AvgIpc) is 2.41. The number of hydrogen-bond acceptors (Lipinski definition) is 4. The summed E-state index contributed by atoms with van der Waals surface area (Å²) in [6.07, 6.45) is 5.99. The van der Waals surface area contributed by atoms with Crippen molar-refractivity contribution in [2.75, 3.05) is 6.61 Å². The zero-order valence-corrected chi connectivity index (χ0v) is 13.7. The van der Waals surface area contributed by atoms with Gasteiger partial charge in [-0.3, -0.25) is 4.98 Å². The molecule has 0 unspecified atom stereocenters. The molecule has 0 amide bonds. The van der Waals surface area contributed by atoms with Crippen LogP contribution in [0.3, 0.4) is 0 Å². The van der Waals surface area contributed by atoms with Gasteiger partial charge in [-0.15, -0.1) is 0 Å². The molecule has 0 saturated heterocycles. The number of pyridine rings is 1. The number of nitrogens with zero attached hydrogens (tertiary/aromatic N) is 1. The van der Waals surface area contributed by atoms with Gasteiger partial charge in [-0.2, -0.15) is 0 Å². The lowest BCUT2D eigenvalue weighted by molar-refractivity contribution is 0.125. The first-order chi connectivity index (χ1) is 9.37. The number of sulfonamides is 1. The van der Waals surface area contributed by atoms with Crippen molar-refractivity contribution in [2.45, 2.75) is 43.0 Å². The summed E-state index contributed by atoms with van der Waals surface area (Å²) < 4.78 is 28.1. The summed E-state index contributed by atoms with van der Waals surface area (Å²) in [7, 11) is -3.67. The second-order valence-corrected chi connectivity index (χ2v) is 8.16. The van der Waals surface area contributed by atoms with Crippen molar-refractivity contribution in [1.29, 1.82) is 0 Å². The first kappa shape index (κ1) is 15.9. The minimum atomic E-state index is -3.67. The van der Waals surface area contributed by atoms with Crippen LogP contribution < -0.4 is 4.72 Å². The molecule has 1 aromatic heterocycles. The van der Waals surface area contributed by atoms with E-state index >= 15 is 0 Å². The smallest absolute Gasteiger partial charge is 0.242 e. The van der Waals surface area contributed by atoms with Crippen molar-refractivity contribution in [3.63, 3.8) is 0 Å². The maximum atomic E-state index is 12.4. The fourth-order valence-corrected chi connectivity index (χ4v) is 4.45. The van der Waals surface area contributed by atoms with Gasteiger partial charge in [-0.05, 0) is 53.6 Å². The van der Waals surface area contributed by atoms with Crippen LogP contribution in [0.5, 0.6) is 0 Å². The summed E-state index contributed by atoms with van der Waals surface area (Å²) in [6, 6.07) is 1.51. The van der Waals surface area contributed by atoms with Gasteiger partial charge in [-0.25, -0.2) is 13.1 Å². The quantitative estimate of drug-likeness (QED) is 0.858. The molecule has 5 nitrogen and oxygen atoms in total. The molecule has 2 N–H and O–H groups in total. The van der Waals surface area contributed by atoms with Crippen LogP contribution in [0.15, 0.2) is 27.8 Å². The van der Waals surface area contributed by atoms with Crippen molar-refractivity contribution in [2.24, 2.45) is 5.92 Å². The molecule has 0 spiro atoms. The SMILES string of the molecule is CC1CCC(CO)(NS(=O)(=O)c2cncc(Br)c2)CC1. The highest BCUT2D eigenvalue weighted by molar-refractivity contribution is 9.10. The van der Waals surface area contributed by atoms with Crippen LogP contribution in [-0.4, -0.2) is 30.7 Å².